The van der Waals surface area contributed by atoms with E-state index in [9.17, 15) is 14.4 Å². The molecule has 1 fully saturated rings. The number of carbonyl (C=O) groups is 3. The maximum absolute atomic E-state index is 12.8. The van der Waals surface area contributed by atoms with Crippen molar-refractivity contribution >= 4 is 44.5 Å². The van der Waals surface area contributed by atoms with Crippen molar-refractivity contribution in [1.82, 2.24) is 9.88 Å². The monoisotopic (exact) mass is 375 g/mol. The number of nitrogens with zero attached hydrogens (tertiary/aromatic N) is 2. The zero-order valence-corrected chi connectivity index (χ0v) is 15.6. The SMILES string of the molecule is CCOC(=O)[C@H]1CCCN(C(=O)c2ccc3nc(NC(C)=O)sc3c2)C1. The number of nitrogens with one attached hydrogen (secondary N) is 1. The lowest BCUT2D eigenvalue weighted by Gasteiger charge is -2.31. The topological polar surface area (TPSA) is 88.6 Å². The lowest BCUT2D eigenvalue weighted by molar-refractivity contribution is -0.149. The van der Waals surface area contributed by atoms with Gasteiger partial charge in [-0.2, -0.15) is 0 Å². The molecule has 1 N–H and O–H groups in total. The quantitative estimate of drug-likeness (QED) is 0.830. The van der Waals surface area contributed by atoms with E-state index in [1.54, 1.807) is 30.0 Å². The number of benzene rings is 1. The van der Waals surface area contributed by atoms with Crippen LogP contribution in [0.1, 0.15) is 37.0 Å². The second-order valence-electron chi connectivity index (χ2n) is 6.23. The zero-order chi connectivity index (χ0) is 18.7. The molecule has 0 spiro atoms. The summed E-state index contributed by atoms with van der Waals surface area (Å²) in [6, 6.07) is 5.29. The summed E-state index contributed by atoms with van der Waals surface area (Å²) in [5, 5.41) is 3.17. The molecule has 8 heteroatoms. The largest absolute Gasteiger partial charge is 0.466 e. The molecule has 3 rings (SSSR count). The number of anilines is 1. The van der Waals surface area contributed by atoms with Crippen molar-refractivity contribution in [3.63, 3.8) is 0 Å². The summed E-state index contributed by atoms with van der Waals surface area (Å²) in [4.78, 5) is 42.0. The Balaban J connectivity index is 1.76. The van der Waals surface area contributed by atoms with Crippen molar-refractivity contribution in [2.24, 2.45) is 5.92 Å². The number of likely N-dealkylation sites (tertiary alicyclic amines) is 1. The molecule has 1 aliphatic heterocycles. The number of amides is 2. The first-order chi connectivity index (χ1) is 12.5. The standard InChI is InChI=1S/C18H21N3O4S/c1-3-25-17(24)13-5-4-8-21(10-13)16(23)12-6-7-14-15(9-12)26-18(20-14)19-11(2)22/h6-7,9,13H,3-5,8,10H2,1-2H3,(H,19,20,22)/t13-/m0/s1. The molecule has 1 aromatic heterocycles. The third-order valence-corrected chi connectivity index (χ3v) is 5.18. The minimum absolute atomic E-state index is 0.102. The third-order valence-electron chi connectivity index (χ3n) is 4.25. The van der Waals surface area contributed by atoms with Crippen LogP contribution in [-0.4, -0.2) is 47.4 Å². The Morgan fingerprint density at radius 3 is 2.92 bits per heavy atom. The Bertz CT molecular complexity index is 848. The van der Waals surface area contributed by atoms with Gasteiger partial charge in [-0.15, -0.1) is 0 Å². The lowest BCUT2D eigenvalue weighted by Crippen LogP contribution is -2.42. The molecule has 1 aliphatic rings. The van der Waals surface area contributed by atoms with E-state index >= 15 is 0 Å². The highest BCUT2D eigenvalue weighted by Crippen LogP contribution is 2.28. The summed E-state index contributed by atoms with van der Waals surface area (Å²) in [6.07, 6.45) is 1.53. The second kappa shape index (κ2) is 7.82. The summed E-state index contributed by atoms with van der Waals surface area (Å²) >= 11 is 1.33. The van der Waals surface area contributed by atoms with Crippen molar-refractivity contribution in [2.45, 2.75) is 26.7 Å². The van der Waals surface area contributed by atoms with Gasteiger partial charge in [0.2, 0.25) is 5.91 Å². The highest BCUT2D eigenvalue weighted by atomic mass is 32.1. The van der Waals surface area contributed by atoms with Gasteiger partial charge in [0, 0.05) is 25.6 Å². The van der Waals surface area contributed by atoms with Crippen molar-refractivity contribution in [1.29, 1.82) is 0 Å². The van der Waals surface area contributed by atoms with E-state index in [2.05, 4.69) is 10.3 Å². The van der Waals surface area contributed by atoms with Crippen LogP contribution in [0.3, 0.4) is 0 Å². The number of carbonyl (C=O) groups excluding carboxylic acids is 3. The maximum atomic E-state index is 12.8. The van der Waals surface area contributed by atoms with Crippen LogP contribution in [0.2, 0.25) is 0 Å². The number of fused-ring (bicyclic) bond motifs is 1. The summed E-state index contributed by atoms with van der Waals surface area (Å²) in [5.41, 5.74) is 1.29. The van der Waals surface area contributed by atoms with Crippen molar-refractivity contribution < 1.29 is 19.1 Å². The van der Waals surface area contributed by atoms with Crippen LogP contribution in [0.4, 0.5) is 5.13 Å². The van der Waals surface area contributed by atoms with Gasteiger partial charge >= 0.3 is 5.97 Å². The summed E-state index contributed by atoms with van der Waals surface area (Å²) < 4.78 is 5.92. The molecule has 0 aliphatic carbocycles. The fourth-order valence-corrected chi connectivity index (χ4v) is 4.01. The number of hydrogen-bond acceptors (Lipinski definition) is 6. The molecule has 0 unspecified atom stereocenters. The molecule has 1 atom stereocenters. The lowest BCUT2D eigenvalue weighted by atomic mass is 9.97. The Kier molecular flexibility index (Phi) is 5.51. The maximum Gasteiger partial charge on any atom is 0.310 e. The molecular weight excluding hydrogens is 354 g/mol. The van der Waals surface area contributed by atoms with Crippen LogP contribution in [0, 0.1) is 5.92 Å². The summed E-state index contributed by atoms with van der Waals surface area (Å²) in [7, 11) is 0. The van der Waals surface area contributed by atoms with E-state index in [-0.39, 0.29) is 23.7 Å². The number of rotatable bonds is 4. The molecule has 7 nitrogen and oxygen atoms in total. The molecule has 1 aromatic carbocycles. The smallest absolute Gasteiger partial charge is 0.310 e. The van der Waals surface area contributed by atoms with Gasteiger partial charge in [0.05, 0.1) is 22.7 Å². The second-order valence-corrected chi connectivity index (χ2v) is 7.26. The van der Waals surface area contributed by atoms with E-state index in [1.807, 2.05) is 0 Å². The van der Waals surface area contributed by atoms with E-state index in [1.165, 1.54) is 18.3 Å². The Hall–Kier alpha value is -2.48. The number of piperidine rings is 1. The predicted molar refractivity (Wildman–Crippen MR) is 99.2 cm³/mol. The molecule has 2 amide bonds. The molecule has 1 saturated heterocycles. The Morgan fingerprint density at radius 1 is 1.38 bits per heavy atom. The molecule has 2 aromatic rings. The van der Waals surface area contributed by atoms with Crippen LogP contribution in [0.5, 0.6) is 0 Å². The van der Waals surface area contributed by atoms with Gasteiger partial charge in [0.25, 0.3) is 5.91 Å². The van der Waals surface area contributed by atoms with Gasteiger partial charge < -0.3 is 15.0 Å². The van der Waals surface area contributed by atoms with Gasteiger partial charge in [-0.05, 0) is 38.0 Å². The van der Waals surface area contributed by atoms with Gasteiger partial charge in [-0.1, -0.05) is 11.3 Å². The van der Waals surface area contributed by atoms with Gasteiger partial charge in [-0.25, -0.2) is 4.98 Å². The molecule has 138 valence electrons. The number of esters is 1. The number of thiazole rings is 1. The van der Waals surface area contributed by atoms with Crippen molar-refractivity contribution in [3.05, 3.63) is 23.8 Å². The molecule has 2 heterocycles. The Morgan fingerprint density at radius 2 is 2.19 bits per heavy atom. The average Bonchev–Trinajstić information content (AvgIpc) is 3.01. The molecule has 0 saturated carbocycles. The normalized spacial score (nSPS) is 17.2. The Labute approximate surface area is 155 Å². The first-order valence-corrected chi connectivity index (χ1v) is 9.43. The van der Waals surface area contributed by atoms with Crippen LogP contribution in [0.15, 0.2) is 18.2 Å². The van der Waals surface area contributed by atoms with E-state index in [0.717, 1.165) is 23.1 Å². The highest BCUT2D eigenvalue weighted by molar-refractivity contribution is 7.22. The molecule has 0 bridgehead atoms. The molecule has 0 radical (unpaired) electrons. The van der Waals surface area contributed by atoms with Crippen LogP contribution in [0.25, 0.3) is 10.2 Å². The summed E-state index contributed by atoms with van der Waals surface area (Å²) in [5.74, 6) is -0.775. The van der Waals surface area contributed by atoms with Gasteiger partial charge in [0.15, 0.2) is 5.13 Å². The average molecular weight is 375 g/mol. The van der Waals surface area contributed by atoms with Crippen molar-refractivity contribution in [3.8, 4) is 0 Å². The molecular formula is C18H21N3O4S. The summed E-state index contributed by atoms with van der Waals surface area (Å²) in [6.45, 7) is 4.57. The number of ether oxygens (including phenoxy) is 1. The third kappa shape index (κ3) is 4.01. The first-order valence-electron chi connectivity index (χ1n) is 8.62. The van der Waals surface area contributed by atoms with E-state index in [4.69, 9.17) is 4.74 Å². The van der Waals surface area contributed by atoms with Crippen LogP contribution < -0.4 is 5.32 Å². The van der Waals surface area contributed by atoms with Crippen LogP contribution in [-0.2, 0) is 14.3 Å². The zero-order valence-electron chi connectivity index (χ0n) is 14.8. The van der Waals surface area contributed by atoms with E-state index in [0.29, 0.717) is 30.4 Å². The van der Waals surface area contributed by atoms with Gasteiger partial charge in [0.1, 0.15) is 0 Å². The van der Waals surface area contributed by atoms with Crippen LogP contribution >= 0.6 is 11.3 Å². The number of aromatic nitrogens is 1. The highest BCUT2D eigenvalue weighted by Gasteiger charge is 2.29. The number of hydrogen-bond donors (Lipinski definition) is 1. The van der Waals surface area contributed by atoms with Gasteiger partial charge in [-0.3, -0.25) is 14.4 Å². The minimum Gasteiger partial charge on any atom is -0.466 e. The minimum atomic E-state index is -0.258. The predicted octanol–water partition coefficient (Wildman–Crippen LogP) is 2.67. The van der Waals surface area contributed by atoms with Crippen molar-refractivity contribution in [2.75, 3.05) is 25.0 Å². The fourth-order valence-electron chi connectivity index (χ4n) is 3.06. The fraction of sp³-hybridized carbons (Fsp3) is 0.444. The first kappa shape index (κ1) is 18.3. The molecule has 26 heavy (non-hydrogen) atoms. The van der Waals surface area contributed by atoms with E-state index < -0.39 is 0 Å².